The van der Waals surface area contributed by atoms with Crippen LogP contribution in [0.5, 0.6) is 0 Å². The van der Waals surface area contributed by atoms with Gasteiger partial charge < -0.3 is 0 Å². The molecule has 1 aliphatic rings. The van der Waals surface area contributed by atoms with E-state index >= 15 is 0 Å². The molecule has 0 unspecified atom stereocenters. The SMILES string of the molecule is O=C(/C=C/c1cccc(C(F)(F)F)c1)NN1CCCCC1. The molecule has 0 saturated carbocycles. The second-order valence-electron chi connectivity index (χ2n) is 4.98. The number of halogens is 3. The highest BCUT2D eigenvalue weighted by molar-refractivity contribution is 5.91. The second kappa shape index (κ2) is 6.76. The molecule has 114 valence electrons. The molecule has 1 amide bonds. The van der Waals surface area contributed by atoms with Gasteiger partial charge in [-0.25, -0.2) is 5.01 Å². The predicted molar refractivity (Wildman–Crippen MR) is 74.0 cm³/mol. The largest absolute Gasteiger partial charge is 0.416 e. The van der Waals surface area contributed by atoms with E-state index in [-0.39, 0.29) is 5.91 Å². The van der Waals surface area contributed by atoms with Crippen molar-refractivity contribution in [2.75, 3.05) is 13.1 Å². The summed E-state index contributed by atoms with van der Waals surface area (Å²) >= 11 is 0. The average molecular weight is 298 g/mol. The number of benzene rings is 1. The molecular formula is C15H17F3N2O. The van der Waals surface area contributed by atoms with Crippen LogP contribution in [0.15, 0.2) is 30.3 Å². The number of rotatable bonds is 3. The quantitative estimate of drug-likeness (QED) is 0.869. The number of hydrazine groups is 1. The van der Waals surface area contributed by atoms with Crippen LogP contribution in [0.2, 0.25) is 0 Å². The summed E-state index contributed by atoms with van der Waals surface area (Å²) in [6.45, 7) is 1.62. The molecule has 0 aromatic heterocycles. The van der Waals surface area contributed by atoms with Crippen molar-refractivity contribution in [3.63, 3.8) is 0 Å². The molecule has 0 atom stereocenters. The van der Waals surface area contributed by atoms with E-state index in [0.717, 1.165) is 44.5 Å². The van der Waals surface area contributed by atoms with Crippen molar-refractivity contribution < 1.29 is 18.0 Å². The Hall–Kier alpha value is -1.82. The van der Waals surface area contributed by atoms with Crippen LogP contribution < -0.4 is 5.43 Å². The maximum atomic E-state index is 12.6. The fourth-order valence-electron chi connectivity index (χ4n) is 2.19. The Morgan fingerprint density at radius 3 is 2.57 bits per heavy atom. The molecule has 0 bridgehead atoms. The average Bonchev–Trinajstić information content (AvgIpc) is 2.46. The van der Waals surface area contributed by atoms with Crippen molar-refractivity contribution in [2.45, 2.75) is 25.4 Å². The molecule has 1 heterocycles. The summed E-state index contributed by atoms with van der Waals surface area (Å²) in [7, 11) is 0. The number of hydrogen-bond acceptors (Lipinski definition) is 2. The van der Waals surface area contributed by atoms with Gasteiger partial charge in [0.15, 0.2) is 0 Å². The molecule has 2 rings (SSSR count). The number of amides is 1. The molecule has 1 aliphatic heterocycles. The summed E-state index contributed by atoms with van der Waals surface area (Å²) in [5.41, 5.74) is 2.34. The first-order chi connectivity index (χ1) is 9.95. The number of carbonyl (C=O) groups is 1. The number of alkyl halides is 3. The van der Waals surface area contributed by atoms with Crippen LogP contribution in [-0.4, -0.2) is 24.0 Å². The summed E-state index contributed by atoms with van der Waals surface area (Å²) in [6, 6.07) is 4.88. The fourth-order valence-corrected chi connectivity index (χ4v) is 2.19. The maximum Gasteiger partial charge on any atom is 0.416 e. The van der Waals surface area contributed by atoms with Crippen LogP contribution in [0.3, 0.4) is 0 Å². The molecule has 0 spiro atoms. The molecule has 1 fully saturated rings. The van der Waals surface area contributed by atoms with Gasteiger partial charge in [0, 0.05) is 19.2 Å². The minimum atomic E-state index is -4.38. The molecule has 1 aromatic carbocycles. The molecule has 0 aliphatic carbocycles. The van der Waals surface area contributed by atoms with E-state index in [1.807, 2.05) is 5.01 Å². The van der Waals surface area contributed by atoms with Crippen LogP contribution >= 0.6 is 0 Å². The Morgan fingerprint density at radius 1 is 1.19 bits per heavy atom. The topological polar surface area (TPSA) is 32.3 Å². The lowest BCUT2D eigenvalue weighted by molar-refractivity contribution is -0.137. The van der Waals surface area contributed by atoms with Crippen LogP contribution in [0.4, 0.5) is 13.2 Å². The minimum Gasteiger partial charge on any atom is -0.285 e. The molecular weight excluding hydrogens is 281 g/mol. The Morgan fingerprint density at radius 2 is 1.90 bits per heavy atom. The predicted octanol–water partition coefficient (Wildman–Crippen LogP) is 3.24. The number of carbonyl (C=O) groups excluding carboxylic acids is 1. The smallest absolute Gasteiger partial charge is 0.285 e. The zero-order valence-corrected chi connectivity index (χ0v) is 11.5. The van der Waals surface area contributed by atoms with Crippen molar-refractivity contribution in [3.05, 3.63) is 41.5 Å². The van der Waals surface area contributed by atoms with Gasteiger partial charge >= 0.3 is 6.18 Å². The zero-order valence-electron chi connectivity index (χ0n) is 11.5. The number of hydrogen-bond donors (Lipinski definition) is 1. The van der Waals surface area contributed by atoms with Crippen molar-refractivity contribution >= 4 is 12.0 Å². The second-order valence-corrected chi connectivity index (χ2v) is 4.98. The van der Waals surface area contributed by atoms with Crippen molar-refractivity contribution in [3.8, 4) is 0 Å². The van der Waals surface area contributed by atoms with Gasteiger partial charge in [-0.3, -0.25) is 10.2 Å². The third kappa shape index (κ3) is 4.90. The third-order valence-corrected chi connectivity index (χ3v) is 3.27. The van der Waals surface area contributed by atoms with Gasteiger partial charge in [0.25, 0.3) is 5.91 Å². The van der Waals surface area contributed by atoms with Gasteiger partial charge in [-0.1, -0.05) is 18.6 Å². The molecule has 6 heteroatoms. The molecule has 21 heavy (non-hydrogen) atoms. The first-order valence-electron chi connectivity index (χ1n) is 6.86. The van der Waals surface area contributed by atoms with E-state index in [2.05, 4.69) is 5.43 Å². The highest BCUT2D eigenvalue weighted by Crippen LogP contribution is 2.29. The Balaban J connectivity index is 1.95. The van der Waals surface area contributed by atoms with Crippen LogP contribution in [-0.2, 0) is 11.0 Å². The summed E-state index contributed by atoms with van der Waals surface area (Å²) in [6.07, 6.45) is 1.50. The zero-order chi connectivity index (χ0) is 15.3. The van der Waals surface area contributed by atoms with Crippen molar-refractivity contribution in [1.82, 2.24) is 10.4 Å². The van der Waals surface area contributed by atoms with Gasteiger partial charge in [0.2, 0.25) is 0 Å². The highest BCUT2D eigenvalue weighted by Gasteiger charge is 2.30. The third-order valence-electron chi connectivity index (χ3n) is 3.27. The Kier molecular flexibility index (Phi) is 5.01. The monoisotopic (exact) mass is 298 g/mol. The normalized spacial score (nSPS) is 17.1. The number of nitrogens with one attached hydrogen (secondary N) is 1. The van der Waals surface area contributed by atoms with Crippen molar-refractivity contribution in [2.24, 2.45) is 0 Å². The first-order valence-corrected chi connectivity index (χ1v) is 6.86. The first kappa shape index (κ1) is 15.6. The maximum absolute atomic E-state index is 12.6. The van der Waals surface area contributed by atoms with E-state index in [1.165, 1.54) is 24.3 Å². The van der Waals surface area contributed by atoms with E-state index in [0.29, 0.717) is 5.56 Å². The van der Waals surface area contributed by atoms with Gasteiger partial charge in [0.05, 0.1) is 5.56 Å². The fraction of sp³-hybridized carbons (Fsp3) is 0.400. The summed E-state index contributed by atoms with van der Waals surface area (Å²) in [5, 5.41) is 1.84. The Labute approximate surface area is 121 Å². The van der Waals surface area contributed by atoms with Crippen LogP contribution in [0.25, 0.3) is 6.08 Å². The number of piperidine rings is 1. The van der Waals surface area contributed by atoms with Gasteiger partial charge in [-0.2, -0.15) is 13.2 Å². The molecule has 1 aromatic rings. The summed E-state index contributed by atoms with van der Waals surface area (Å²) in [4.78, 5) is 11.7. The lowest BCUT2D eigenvalue weighted by atomic mass is 10.1. The van der Waals surface area contributed by atoms with Gasteiger partial charge in [-0.15, -0.1) is 0 Å². The molecule has 3 nitrogen and oxygen atoms in total. The standard InChI is InChI=1S/C15H17F3N2O/c16-15(17,18)13-6-4-5-12(11-13)7-8-14(21)19-20-9-2-1-3-10-20/h4-8,11H,1-3,9-10H2,(H,19,21)/b8-7+. The summed E-state index contributed by atoms with van der Waals surface area (Å²) < 4.78 is 37.7. The van der Waals surface area contributed by atoms with Gasteiger partial charge in [0.1, 0.15) is 0 Å². The molecule has 1 N–H and O–H groups in total. The van der Waals surface area contributed by atoms with E-state index in [9.17, 15) is 18.0 Å². The van der Waals surface area contributed by atoms with Crippen molar-refractivity contribution in [1.29, 1.82) is 0 Å². The highest BCUT2D eigenvalue weighted by atomic mass is 19.4. The van der Waals surface area contributed by atoms with Gasteiger partial charge in [-0.05, 0) is 36.6 Å². The van der Waals surface area contributed by atoms with Crippen LogP contribution in [0, 0.1) is 0 Å². The lowest BCUT2D eigenvalue weighted by Crippen LogP contribution is -2.44. The van der Waals surface area contributed by atoms with Crippen LogP contribution in [0.1, 0.15) is 30.4 Å². The van der Waals surface area contributed by atoms with E-state index in [1.54, 1.807) is 0 Å². The minimum absolute atomic E-state index is 0.325. The molecule has 0 radical (unpaired) electrons. The Bertz CT molecular complexity index is 520. The van der Waals surface area contributed by atoms with E-state index in [4.69, 9.17) is 0 Å². The van der Waals surface area contributed by atoms with E-state index < -0.39 is 11.7 Å². The number of nitrogens with zero attached hydrogens (tertiary/aromatic N) is 1. The molecule has 1 saturated heterocycles. The lowest BCUT2D eigenvalue weighted by Gasteiger charge is -2.26. The summed E-state index contributed by atoms with van der Waals surface area (Å²) in [5.74, 6) is -0.325.